The number of carboxylic acid groups (broad SMARTS) is 1. The second-order valence-electron chi connectivity index (χ2n) is 4.28. The zero-order valence-corrected chi connectivity index (χ0v) is 10.6. The van der Waals surface area contributed by atoms with Crippen molar-refractivity contribution in [3.63, 3.8) is 0 Å². The van der Waals surface area contributed by atoms with Gasteiger partial charge in [0, 0.05) is 6.54 Å². The molecule has 0 radical (unpaired) electrons. The van der Waals surface area contributed by atoms with Crippen LogP contribution in [-0.4, -0.2) is 16.1 Å². The number of aryl methyl sites for hydroxylation is 1. The molecule has 1 aromatic heterocycles. The molecule has 5 nitrogen and oxygen atoms in total. The van der Waals surface area contributed by atoms with Crippen molar-refractivity contribution in [2.45, 2.75) is 13.5 Å². The van der Waals surface area contributed by atoms with Gasteiger partial charge in [0.05, 0.1) is 17.4 Å². The molecular formula is C14H15N3O2. The Labute approximate surface area is 111 Å². The number of aromatic carboxylic acids is 1. The second-order valence-corrected chi connectivity index (χ2v) is 4.28. The largest absolute Gasteiger partial charge is 0.478 e. The first-order valence-corrected chi connectivity index (χ1v) is 5.84. The Bertz CT molecular complexity index is 594. The third-order valence-electron chi connectivity index (χ3n) is 2.83. The molecule has 0 saturated heterocycles. The highest BCUT2D eigenvalue weighted by Gasteiger charge is 2.02. The number of anilines is 2. The molecule has 1 aromatic carbocycles. The van der Waals surface area contributed by atoms with Gasteiger partial charge < -0.3 is 16.2 Å². The maximum Gasteiger partial charge on any atom is 0.335 e. The molecule has 0 saturated carbocycles. The van der Waals surface area contributed by atoms with Crippen molar-refractivity contribution in [2.24, 2.45) is 0 Å². The quantitative estimate of drug-likeness (QED) is 0.782. The topological polar surface area (TPSA) is 88.2 Å². The van der Waals surface area contributed by atoms with Gasteiger partial charge in [0.15, 0.2) is 0 Å². The van der Waals surface area contributed by atoms with E-state index in [1.165, 1.54) is 0 Å². The Morgan fingerprint density at radius 3 is 2.63 bits per heavy atom. The van der Waals surface area contributed by atoms with Crippen molar-refractivity contribution in [1.82, 2.24) is 4.98 Å². The van der Waals surface area contributed by atoms with Crippen LogP contribution < -0.4 is 11.1 Å². The van der Waals surface area contributed by atoms with Gasteiger partial charge in [-0.15, -0.1) is 0 Å². The summed E-state index contributed by atoms with van der Waals surface area (Å²) in [5.41, 5.74) is 8.60. The fourth-order valence-electron chi connectivity index (χ4n) is 1.62. The molecule has 2 rings (SSSR count). The van der Waals surface area contributed by atoms with Gasteiger partial charge >= 0.3 is 5.97 Å². The van der Waals surface area contributed by atoms with E-state index in [2.05, 4.69) is 10.3 Å². The van der Waals surface area contributed by atoms with Crippen LogP contribution in [0.3, 0.4) is 0 Å². The van der Waals surface area contributed by atoms with E-state index in [0.29, 0.717) is 12.2 Å². The van der Waals surface area contributed by atoms with E-state index in [1.54, 1.807) is 30.5 Å². The summed E-state index contributed by atoms with van der Waals surface area (Å²) in [5, 5.41) is 12.0. The summed E-state index contributed by atoms with van der Waals surface area (Å²) in [6.07, 6.45) is 1.62. The van der Waals surface area contributed by atoms with Crippen LogP contribution in [0.1, 0.15) is 21.5 Å². The Morgan fingerprint density at radius 2 is 2.05 bits per heavy atom. The molecule has 0 fully saturated rings. The highest BCUT2D eigenvalue weighted by molar-refractivity contribution is 5.87. The number of nitrogens with one attached hydrogen (secondary N) is 1. The summed E-state index contributed by atoms with van der Waals surface area (Å²) in [6, 6.07) is 8.60. The minimum absolute atomic E-state index is 0.283. The normalized spacial score (nSPS) is 10.2. The molecule has 0 spiro atoms. The standard InChI is InChI=1S/C14H15N3O2/c1-9-6-13(17-8-12(9)15)16-7-10-2-4-11(5-3-10)14(18)19/h2-6,8H,7,15H2,1H3,(H,16,17)(H,18,19). The third kappa shape index (κ3) is 3.22. The summed E-state index contributed by atoms with van der Waals surface area (Å²) >= 11 is 0. The highest BCUT2D eigenvalue weighted by Crippen LogP contribution is 2.14. The number of hydrogen-bond donors (Lipinski definition) is 3. The van der Waals surface area contributed by atoms with Crippen molar-refractivity contribution >= 4 is 17.5 Å². The average Bonchev–Trinajstić information content (AvgIpc) is 2.40. The zero-order valence-electron chi connectivity index (χ0n) is 10.6. The van der Waals surface area contributed by atoms with Crippen LogP contribution in [-0.2, 0) is 6.54 Å². The van der Waals surface area contributed by atoms with Gasteiger partial charge in [0.2, 0.25) is 0 Å². The molecule has 0 aliphatic rings. The lowest BCUT2D eigenvalue weighted by atomic mass is 10.1. The highest BCUT2D eigenvalue weighted by atomic mass is 16.4. The number of rotatable bonds is 4. The van der Waals surface area contributed by atoms with E-state index in [1.807, 2.05) is 13.0 Å². The molecule has 98 valence electrons. The molecule has 4 N–H and O–H groups in total. The lowest BCUT2D eigenvalue weighted by Gasteiger charge is -2.08. The molecule has 0 bridgehead atoms. The Kier molecular flexibility index (Phi) is 3.66. The molecule has 0 aliphatic heterocycles. The number of nitrogens with zero attached hydrogens (tertiary/aromatic N) is 1. The van der Waals surface area contributed by atoms with Crippen LogP contribution in [0.15, 0.2) is 36.5 Å². The van der Waals surface area contributed by atoms with Crippen LogP contribution >= 0.6 is 0 Å². The van der Waals surface area contributed by atoms with Gasteiger partial charge in [-0.1, -0.05) is 12.1 Å². The van der Waals surface area contributed by atoms with Crippen LogP contribution in [0.2, 0.25) is 0 Å². The van der Waals surface area contributed by atoms with Crippen molar-refractivity contribution in [1.29, 1.82) is 0 Å². The smallest absolute Gasteiger partial charge is 0.335 e. The second kappa shape index (κ2) is 5.39. The predicted molar refractivity (Wildman–Crippen MR) is 74.1 cm³/mol. The fourth-order valence-corrected chi connectivity index (χ4v) is 1.62. The van der Waals surface area contributed by atoms with E-state index < -0.39 is 5.97 Å². The molecule has 0 amide bonds. The van der Waals surface area contributed by atoms with Gasteiger partial charge in [0.1, 0.15) is 5.82 Å². The minimum Gasteiger partial charge on any atom is -0.478 e. The van der Waals surface area contributed by atoms with E-state index >= 15 is 0 Å². The number of aromatic nitrogens is 1. The summed E-state index contributed by atoms with van der Waals surface area (Å²) in [6.45, 7) is 2.50. The van der Waals surface area contributed by atoms with Gasteiger partial charge in [-0.3, -0.25) is 0 Å². The maximum absolute atomic E-state index is 10.7. The van der Waals surface area contributed by atoms with E-state index in [4.69, 9.17) is 10.8 Å². The van der Waals surface area contributed by atoms with Crippen LogP contribution in [0.4, 0.5) is 11.5 Å². The number of nitrogen functional groups attached to an aromatic ring is 1. The molecule has 1 heterocycles. The van der Waals surface area contributed by atoms with E-state index in [-0.39, 0.29) is 5.56 Å². The number of hydrogen-bond acceptors (Lipinski definition) is 4. The minimum atomic E-state index is -0.921. The van der Waals surface area contributed by atoms with Gasteiger partial charge in [0.25, 0.3) is 0 Å². The summed E-state index contributed by atoms with van der Waals surface area (Å²) < 4.78 is 0. The average molecular weight is 257 g/mol. The molecule has 0 atom stereocenters. The molecule has 0 unspecified atom stereocenters. The first-order chi connectivity index (χ1) is 9.06. The molecule has 2 aromatic rings. The van der Waals surface area contributed by atoms with Crippen LogP contribution in [0.25, 0.3) is 0 Å². The van der Waals surface area contributed by atoms with Crippen LogP contribution in [0, 0.1) is 6.92 Å². The maximum atomic E-state index is 10.7. The van der Waals surface area contributed by atoms with Crippen molar-refractivity contribution < 1.29 is 9.90 Å². The molecule has 0 aliphatic carbocycles. The molecular weight excluding hydrogens is 242 g/mol. The first kappa shape index (κ1) is 12.9. The van der Waals surface area contributed by atoms with Crippen molar-refractivity contribution in [3.05, 3.63) is 53.2 Å². The van der Waals surface area contributed by atoms with Crippen molar-refractivity contribution in [3.8, 4) is 0 Å². The Morgan fingerprint density at radius 1 is 1.37 bits per heavy atom. The lowest BCUT2D eigenvalue weighted by Crippen LogP contribution is -2.03. The van der Waals surface area contributed by atoms with Gasteiger partial charge in [-0.2, -0.15) is 0 Å². The van der Waals surface area contributed by atoms with E-state index in [0.717, 1.165) is 16.9 Å². The number of pyridine rings is 1. The monoisotopic (exact) mass is 257 g/mol. The Balaban J connectivity index is 2.01. The van der Waals surface area contributed by atoms with Crippen LogP contribution in [0.5, 0.6) is 0 Å². The lowest BCUT2D eigenvalue weighted by molar-refractivity contribution is 0.0697. The number of nitrogens with two attached hydrogens (primary N) is 1. The number of carboxylic acids is 1. The predicted octanol–water partition coefficient (Wildman–Crippen LogP) is 2.28. The zero-order chi connectivity index (χ0) is 13.8. The van der Waals surface area contributed by atoms with E-state index in [9.17, 15) is 4.79 Å². The van der Waals surface area contributed by atoms with Crippen molar-refractivity contribution in [2.75, 3.05) is 11.1 Å². The third-order valence-corrected chi connectivity index (χ3v) is 2.83. The summed E-state index contributed by atoms with van der Waals surface area (Å²) in [5.74, 6) is -0.177. The number of carbonyl (C=O) groups is 1. The SMILES string of the molecule is Cc1cc(NCc2ccc(C(=O)O)cc2)ncc1N. The van der Waals surface area contributed by atoms with Gasteiger partial charge in [-0.25, -0.2) is 9.78 Å². The molecule has 5 heteroatoms. The molecule has 19 heavy (non-hydrogen) atoms. The fraction of sp³-hybridized carbons (Fsp3) is 0.143. The first-order valence-electron chi connectivity index (χ1n) is 5.84. The van der Waals surface area contributed by atoms with Gasteiger partial charge in [-0.05, 0) is 36.2 Å². The number of benzene rings is 1. The Hall–Kier alpha value is -2.56. The summed E-state index contributed by atoms with van der Waals surface area (Å²) in [7, 11) is 0. The summed E-state index contributed by atoms with van der Waals surface area (Å²) in [4.78, 5) is 14.9.